The summed E-state index contributed by atoms with van der Waals surface area (Å²) in [7, 11) is 1.83. The first kappa shape index (κ1) is 17.3. The van der Waals surface area contributed by atoms with Crippen LogP contribution >= 0.6 is 11.6 Å². The number of rotatable bonds is 4. The third-order valence-corrected chi connectivity index (χ3v) is 4.70. The van der Waals surface area contributed by atoms with Gasteiger partial charge in [0.15, 0.2) is 5.69 Å². The van der Waals surface area contributed by atoms with E-state index in [0.717, 1.165) is 16.5 Å². The Kier molecular flexibility index (Phi) is 4.43. The van der Waals surface area contributed by atoms with Gasteiger partial charge < -0.3 is 11.1 Å². The Labute approximate surface area is 151 Å². The molecule has 0 unspecified atom stereocenters. The summed E-state index contributed by atoms with van der Waals surface area (Å²) in [5.41, 5.74) is 8.33. The van der Waals surface area contributed by atoms with Gasteiger partial charge in [0.2, 0.25) is 0 Å². The van der Waals surface area contributed by atoms with Crippen LogP contribution in [0.4, 0.5) is 5.69 Å². The first-order valence-corrected chi connectivity index (χ1v) is 8.43. The number of hydrogen-bond donors (Lipinski definition) is 2. The molecule has 0 fully saturated rings. The van der Waals surface area contributed by atoms with E-state index in [4.69, 9.17) is 17.3 Å². The van der Waals surface area contributed by atoms with Crippen LogP contribution in [-0.4, -0.2) is 22.2 Å². The van der Waals surface area contributed by atoms with Crippen LogP contribution in [0.1, 0.15) is 29.9 Å². The van der Waals surface area contributed by atoms with Crippen molar-refractivity contribution in [2.24, 2.45) is 7.05 Å². The van der Waals surface area contributed by atoms with Gasteiger partial charge >= 0.3 is 0 Å². The number of halogens is 1. The van der Waals surface area contributed by atoms with Crippen LogP contribution in [0.25, 0.3) is 10.9 Å². The molecule has 25 heavy (non-hydrogen) atoms. The molecule has 3 N–H and O–H groups in total. The fourth-order valence-electron chi connectivity index (χ4n) is 2.94. The molecule has 0 aliphatic heterocycles. The third kappa shape index (κ3) is 3.33. The SMILES string of the molecule is Cn1nc(C(=O)NCC(C)(C)c2ccc(N)cc2Cl)c2ccccc21. The number of anilines is 1. The number of carbonyl (C=O) groups is 1. The molecule has 0 spiro atoms. The Bertz CT molecular complexity index is 946. The van der Waals surface area contributed by atoms with E-state index in [2.05, 4.69) is 10.4 Å². The van der Waals surface area contributed by atoms with Crippen LogP contribution in [0.3, 0.4) is 0 Å². The second-order valence-electron chi connectivity index (χ2n) is 6.80. The molecule has 0 saturated carbocycles. The van der Waals surface area contributed by atoms with Gasteiger partial charge in [-0.15, -0.1) is 0 Å². The summed E-state index contributed by atoms with van der Waals surface area (Å²) < 4.78 is 1.71. The van der Waals surface area contributed by atoms with Gasteiger partial charge in [-0.2, -0.15) is 5.10 Å². The van der Waals surface area contributed by atoms with Gasteiger partial charge in [0.1, 0.15) is 0 Å². The fraction of sp³-hybridized carbons (Fsp3) is 0.263. The zero-order valence-corrected chi connectivity index (χ0v) is 15.3. The molecule has 0 aliphatic carbocycles. The highest BCUT2D eigenvalue weighted by atomic mass is 35.5. The van der Waals surface area contributed by atoms with Gasteiger partial charge in [-0.1, -0.05) is 49.7 Å². The van der Waals surface area contributed by atoms with E-state index in [1.54, 1.807) is 10.7 Å². The zero-order valence-electron chi connectivity index (χ0n) is 14.5. The lowest BCUT2D eigenvalue weighted by atomic mass is 9.84. The molecule has 0 atom stereocenters. The minimum Gasteiger partial charge on any atom is -0.399 e. The number of aromatic nitrogens is 2. The van der Waals surface area contributed by atoms with Crippen molar-refractivity contribution < 1.29 is 4.79 Å². The van der Waals surface area contributed by atoms with Crippen molar-refractivity contribution in [3.8, 4) is 0 Å². The Balaban J connectivity index is 1.81. The van der Waals surface area contributed by atoms with Gasteiger partial charge in [-0.05, 0) is 23.8 Å². The lowest BCUT2D eigenvalue weighted by Gasteiger charge is -2.26. The van der Waals surface area contributed by atoms with E-state index in [-0.39, 0.29) is 11.3 Å². The van der Waals surface area contributed by atoms with Crippen LogP contribution in [-0.2, 0) is 12.5 Å². The Morgan fingerprint density at radius 1 is 1.28 bits per heavy atom. The second-order valence-corrected chi connectivity index (χ2v) is 7.20. The first-order valence-electron chi connectivity index (χ1n) is 8.05. The molecule has 0 radical (unpaired) electrons. The highest BCUT2D eigenvalue weighted by molar-refractivity contribution is 6.31. The number of nitrogen functional groups attached to an aromatic ring is 1. The quantitative estimate of drug-likeness (QED) is 0.702. The topological polar surface area (TPSA) is 72.9 Å². The summed E-state index contributed by atoms with van der Waals surface area (Å²) >= 11 is 6.32. The highest BCUT2D eigenvalue weighted by Crippen LogP contribution is 2.31. The minimum absolute atomic E-state index is 0.198. The standard InChI is InChI=1S/C19H21ClN4O/c1-19(2,14-9-8-12(21)10-15(14)20)11-22-18(25)17-13-6-4-5-7-16(13)24(3)23-17/h4-10H,11,21H2,1-3H3,(H,22,25). The summed E-state index contributed by atoms with van der Waals surface area (Å²) in [6.45, 7) is 4.49. The van der Waals surface area contributed by atoms with Crippen molar-refractivity contribution in [1.29, 1.82) is 0 Å². The van der Waals surface area contributed by atoms with E-state index >= 15 is 0 Å². The van der Waals surface area contributed by atoms with Crippen molar-refractivity contribution in [2.45, 2.75) is 19.3 Å². The van der Waals surface area contributed by atoms with Crippen LogP contribution in [0.2, 0.25) is 5.02 Å². The summed E-state index contributed by atoms with van der Waals surface area (Å²) in [5, 5.41) is 8.77. The average molecular weight is 357 g/mol. The van der Waals surface area contributed by atoms with E-state index in [1.165, 1.54) is 0 Å². The molecule has 1 aromatic heterocycles. The number of nitrogens with two attached hydrogens (primary N) is 1. The highest BCUT2D eigenvalue weighted by Gasteiger charge is 2.25. The molecule has 5 nitrogen and oxygen atoms in total. The van der Waals surface area contributed by atoms with Gasteiger partial charge in [0.25, 0.3) is 5.91 Å². The van der Waals surface area contributed by atoms with Crippen molar-refractivity contribution in [1.82, 2.24) is 15.1 Å². The van der Waals surface area contributed by atoms with Gasteiger partial charge in [0, 0.05) is 35.1 Å². The van der Waals surface area contributed by atoms with Crippen LogP contribution in [0, 0.1) is 0 Å². The van der Waals surface area contributed by atoms with Crippen molar-refractivity contribution >= 4 is 34.1 Å². The lowest BCUT2D eigenvalue weighted by Crippen LogP contribution is -2.37. The number of para-hydroxylation sites is 1. The second kappa shape index (κ2) is 6.41. The molecule has 1 amide bonds. The number of nitrogens with one attached hydrogen (secondary N) is 1. The molecule has 0 aliphatic rings. The zero-order chi connectivity index (χ0) is 18.2. The predicted molar refractivity (Wildman–Crippen MR) is 102 cm³/mol. The number of hydrogen-bond acceptors (Lipinski definition) is 3. The van der Waals surface area contributed by atoms with E-state index in [0.29, 0.717) is 22.9 Å². The van der Waals surface area contributed by atoms with Crippen molar-refractivity contribution in [2.75, 3.05) is 12.3 Å². The number of amides is 1. The first-order chi connectivity index (χ1) is 11.8. The third-order valence-electron chi connectivity index (χ3n) is 4.39. The summed E-state index contributed by atoms with van der Waals surface area (Å²) in [5.74, 6) is -0.198. The predicted octanol–water partition coefficient (Wildman–Crippen LogP) is 3.52. The Hall–Kier alpha value is -2.53. The maximum atomic E-state index is 12.6. The molecular formula is C19H21ClN4O. The molecule has 2 aromatic carbocycles. The molecule has 0 bridgehead atoms. The smallest absolute Gasteiger partial charge is 0.272 e. The van der Waals surface area contributed by atoms with Gasteiger partial charge in [0.05, 0.1) is 5.52 Å². The number of benzene rings is 2. The molecule has 3 rings (SSSR count). The number of nitrogens with zero attached hydrogens (tertiary/aromatic N) is 2. The minimum atomic E-state index is -0.342. The maximum Gasteiger partial charge on any atom is 0.272 e. The summed E-state index contributed by atoms with van der Waals surface area (Å²) in [6.07, 6.45) is 0. The van der Waals surface area contributed by atoms with Crippen molar-refractivity contribution in [3.05, 3.63) is 58.7 Å². The number of aryl methyl sites for hydroxylation is 1. The normalized spacial score (nSPS) is 11.7. The van der Waals surface area contributed by atoms with E-state index in [9.17, 15) is 4.79 Å². The average Bonchev–Trinajstić information content (AvgIpc) is 2.90. The largest absolute Gasteiger partial charge is 0.399 e. The molecule has 0 saturated heterocycles. The molecule has 1 heterocycles. The van der Waals surface area contributed by atoms with E-state index in [1.807, 2.05) is 57.3 Å². The number of fused-ring (bicyclic) bond motifs is 1. The van der Waals surface area contributed by atoms with Crippen LogP contribution in [0.5, 0.6) is 0 Å². The summed E-state index contributed by atoms with van der Waals surface area (Å²) in [4.78, 5) is 12.6. The van der Waals surface area contributed by atoms with Crippen molar-refractivity contribution in [3.63, 3.8) is 0 Å². The van der Waals surface area contributed by atoms with Crippen LogP contribution in [0.15, 0.2) is 42.5 Å². The lowest BCUT2D eigenvalue weighted by molar-refractivity contribution is 0.0941. The Morgan fingerprint density at radius 2 is 2.00 bits per heavy atom. The van der Waals surface area contributed by atoms with Gasteiger partial charge in [-0.25, -0.2) is 0 Å². The fourth-order valence-corrected chi connectivity index (χ4v) is 3.39. The van der Waals surface area contributed by atoms with Crippen LogP contribution < -0.4 is 11.1 Å². The monoisotopic (exact) mass is 356 g/mol. The molecule has 3 aromatic rings. The number of carbonyl (C=O) groups excluding carboxylic acids is 1. The van der Waals surface area contributed by atoms with E-state index < -0.39 is 0 Å². The maximum absolute atomic E-state index is 12.6. The van der Waals surface area contributed by atoms with Gasteiger partial charge in [-0.3, -0.25) is 9.48 Å². The molecule has 6 heteroatoms. The summed E-state index contributed by atoms with van der Waals surface area (Å²) in [6, 6.07) is 13.1. The molecular weight excluding hydrogens is 336 g/mol. The molecule has 130 valence electrons. The Morgan fingerprint density at radius 3 is 2.72 bits per heavy atom.